The molecule has 0 aliphatic rings. The van der Waals surface area contributed by atoms with E-state index < -0.39 is 11.8 Å². The number of urea groups is 1. The number of ether oxygens (including phenoxy) is 2. The Hall–Kier alpha value is -3.82. The Kier molecular flexibility index (Phi) is 7.93. The van der Waals surface area contributed by atoms with Gasteiger partial charge < -0.3 is 25.4 Å². The lowest BCUT2D eigenvalue weighted by molar-refractivity contribution is 0.262. The van der Waals surface area contributed by atoms with Crippen LogP contribution >= 0.6 is 24.0 Å². The molecule has 11 heteroatoms. The van der Waals surface area contributed by atoms with E-state index in [9.17, 15) is 9.18 Å². The predicted molar refractivity (Wildman–Crippen MR) is 134 cm³/mol. The fraction of sp³-hybridized carbons (Fsp3) is 0.0870. The van der Waals surface area contributed by atoms with Crippen LogP contribution in [0.5, 0.6) is 11.5 Å². The molecule has 3 aromatic carbocycles. The van der Waals surface area contributed by atoms with E-state index in [0.29, 0.717) is 34.2 Å². The van der Waals surface area contributed by atoms with E-state index in [0.717, 1.165) is 11.1 Å². The quantitative estimate of drug-likeness (QED) is 0.287. The van der Waals surface area contributed by atoms with Crippen LogP contribution in [0.2, 0.25) is 5.02 Å². The Morgan fingerprint density at radius 1 is 0.882 bits per heavy atom. The average Bonchev–Trinajstić information content (AvgIpc) is 2.82. The molecule has 34 heavy (non-hydrogen) atoms. The number of anilines is 4. The molecule has 0 fully saturated rings. The minimum Gasteiger partial charge on any atom is -0.493 e. The third-order valence-corrected chi connectivity index (χ3v) is 5.01. The van der Waals surface area contributed by atoms with Crippen LogP contribution < -0.4 is 25.4 Å². The van der Waals surface area contributed by atoms with Gasteiger partial charge in [-0.2, -0.15) is 0 Å². The van der Waals surface area contributed by atoms with Crippen molar-refractivity contribution in [2.45, 2.75) is 0 Å². The van der Waals surface area contributed by atoms with Gasteiger partial charge in [0.2, 0.25) is 0 Å². The Balaban J connectivity index is 0.00000324. The maximum atomic E-state index is 13.2. The van der Waals surface area contributed by atoms with Gasteiger partial charge in [0, 0.05) is 28.5 Å². The number of hydrogen-bond acceptors (Lipinski definition) is 6. The summed E-state index contributed by atoms with van der Waals surface area (Å²) in [6.07, 6.45) is 1.46. The van der Waals surface area contributed by atoms with Crippen LogP contribution in [0.4, 0.5) is 32.1 Å². The first-order valence-electron chi connectivity index (χ1n) is 9.73. The summed E-state index contributed by atoms with van der Waals surface area (Å²) in [5, 5.41) is 9.23. The first-order valence-corrected chi connectivity index (χ1v) is 10.1. The summed E-state index contributed by atoms with van der Waals surface area (Å²) in [7, 11) is 3.13. The van der Waals surface area contributed by atoms with Gasteiger partial charge in [0.25, 0.3) is 0 Å². The van der Waals surface area contributed by atoms with Crippen molar-refractivity contribution >= 4 is 63.8 Å². The second kappa shape index (κ2) is 10.9. The second-order valence-electron chi connectivity index (χ2n) is 6.86. The van der Waals surface area contributed by atoms with Gasteiger partial charge in [0.15, 0.2) is 11.5 Å². The molecule has 3 N–H and O–H groups in total. The fourth-order valence-electron chi connectivity index (χ4n) is 3.12. The molecule has 0 unspecified atom stereocenters. The van der Waals surface area contributed by atoms with E-state index in [2.05, 4.69) is 25.9 Å². The van der Waals surface area contributed by atoms with Crippen molar-refractivity contribution < 1.29 is 18.7 Å². The molecule has 2 amide bonds. The predicted octanol–water partition coefficient (Wildman–Crippen LogP) is 6.25. The van der Waals surface area contributed by atoms with Crippen LogP contribution in [0, 0.1) is 5.82 Å². The minimum atomic E-state index is -0.556. The van der Waals surface area contributed by atoms with Gasteiger partial charge in [-0.1, -0.05) is 11.6 Å². The number of halogens is 3. The van der Waals surface area contributed by atoms with Crippen molar-refractivity contribution in [2.75, 3.05) is 30.2 Å². The molecule has 4 aromatic rings. The Morgan fingerprint density at radius 3 is 2.18 bits per heavy atom. The van der Waals surface area contributed by atoms with Crippen molar-refractivity contribution in [1.29, 1.82) is 0 Å². The third kappa shape index (κ3) is 5.56. The zero-order valence-electron chi connectivity index (χ0n) is 18.1. The summed E-state index contributed by atoms with van der Waals surface area (Å²) in [5.41, 5.74) is 2.38. The Morgan fingerprint density at radius 2 is 1.50 bits per heavy atom. The van der Waals surface area contributed by atoms with Crippen molar-refractivity contribution in [2.24, 2.45) is 0 Å². The molecule has 0 saturated heterocycles. The normalized spacial score (nSPS) is 10.2. The maximum absolute atomic E-state index is 13.2. The molecule has 0 aliphatic carbocycles. The van der Waals surface area contributed by atoms with Crippen LogP contribution in [0.15, 0.2) is 60.9 Å². The summed E-state index contributed by atoms with van der Waals surface area (Å²) in [4.78, 5) is 20.8. The minimum absolute atomic E-state index is 0. The summed E-state index contributed by atoms with van der Waals surface area (Å²) in [5.74, 6) is 1.18. The average molecular weight is 504 g/mol. The van der Waals surface area contributed by atoms with Gasteiger partial charge in [0.1, 0.15) is 18.0 Å². The first-order chi connectivity index (χ1) is 16.0. The molecular formula is C23H20Cl2FN5O3. The number of fused-ring (bicyclic) bond motifs is 1. The standard InChI is InChI=1S/C23H19ClFN5O3.ClH/c1-32-20-10-16-19(11-21(20)33-2)26-12-27-22(16)28-13-3-5-14(6-4-13)29-23(31)30-15-7-8-18(25)17(24)9-15;/h3-12H,1-2H3,(H,26,27,28)(H2,29,30,31);1H. The summed E-state index contributed by atoms with van der Waals surface area (Å²) >= 11 is 5.73. The van der Waals surface area contributed by atoms with Crippen LogP contribution in [-0.4, -0.2) is 30.2 Å². The highest BCUT2D eigenvalue weighted by atomic mass is 35.5. The number of carbonyl (C=O) groups excluding carboxylic acids is 1. The lowest BCUT2D eigenvalue weighted by Crippen LogP contribution is -2.19. The fourth-order valence-corrected chi connectivity index (χ4v) is 3.30. The molecule has 0 radical (unpaired) electrons. The molecule has 4 rings (SSSR count). The summed E-state index contributed by atoms with van der Waals surface area (Å²) < 4.78 is 24.0. The monoisotopic (exact) mass is 503 g/mol. The maximum Gasteiger partial charge on any atom is 0.323 e. The highest BCUT2D eigenvalue weighted by Crippen LogP contribution is 2.34. The number of nitrogens with zero attached hydrogens (tertiary/aromatic N) is 2. The summed E-state index contributed by atoms with van der Waals surface area (Å²) in [6, 6.07) is 14.1. The highest BCUT2D eigenvalue weighted by molar-refractivity contribution is 6.31. The van der Waals surface area contributed by atoms with Crippen molar-refractivity contribution in [1.82, 2.24) is 9.97 Å². The van der Waals surface area contributed by atoms with E-state index in [1.165, 1.54) is 24.5 Å². The molecule has 8 nitrogen and oxygen atoms in total. The molecular weight excluding hydrogens is 484 g/mol. The van der Waals surface area contributed by atoms with Crippen molar-refractivity contribution in [3.05, 3.63) is 71.8 Å². The van der Waals surface area contributed by atoms with Gasteiger partial charge in [-0.05, 0) is 48.5 Å². The van der Waals surface area contributed by atoms with E-state index in [-0.39, 0.29) is 17.4 Å². The van der Waals surface area contributed by atoms with E-state index in [4.69, 9.17) is 21.1 Å². The Bertz CT molecular complexity index is 1320. The molecule has 0 spiro atoms. The number of hydrogen-bond donors (Lipinski definition) is 3. The van der Waals surface area contributed by atoms with Crippen LogP contribution in [0.3, 0.4) is 0 Å². The van der Waals surface area contributed by atoms with E-state index in [1.54, 1.807) is 50.6 Å². The summed E-state index contributed by atoms with van der Waals surface area (Å²) in [6.45, 7) is 0. The smallest absolute Gasteiger partial charge is 0.323 e. The lowest BCUT2D eigenvalue weighted by atomic mass is 10.2. The number of benzene rings is 3. The van der Waals surface area contributed by atoms with Gasteiger partial charge >= 0.3 is 6.03 Å². The number of nitrogens with one attached hydrogen (secondary N) is 3. The molecule has 0 saturated carbocycles. The number of rotatable bonds is 6. The van der Waals surface area contributed by atoms with Crippen LogP contribution in [0.25, 0.3) is 10.9 Å². The molecule has 1 aromatic heterocycles. The molecule has 176 valence electrons. The zero-order chi connectivity index (χ0) is 23.4. The second-order valence-corrected chi connectivity index (χ2v) is 7.26. The van der Waals surface area contributed by atoms with Crippen LogP contribution in [-0.2, 0) is 0 Å². The van der Waals surface area contributed by atoms with Gasteiger partial charge in [-0.3, -0.25) is 0 Å². The van der Waals surface area contributed by atoms with E-state index in [1.807, 2.05) is 0 Å². The molecule has 0 atom stereocenters. The van der Waals surface area contributed by atoms with Crippen LogP contribution in [0.1, 0.15) is 0 Å². The third-order valence-electron chi connectivity index (χ3n) is 4.72. The zero-order valence-corrected chi connectivity index (χ0v) is 19.6. The molecule has 0 aliphatic heterocycles. The topological polar surface area (TPSA) is 97.4 Å². The molecule has 1 heterocycles. The van der Waals surface area contributed by atoms with Crippen molar-refractivity contribution in [3.8, 4) is 11.5 Å². The molecule has 0 bridgehead atoms. The van der Waals surface area contributed by atoms with Gasteiger partial charge in [0.05, 0.1) is 24.8 Å². The van der Waals surface area contributed by atoms with Gasteiger partial charge in [-0.15, -0.1) is 12.4 Å². The number of methoxy groups -OCH3 is 2. The highest BCUT2D eigenvalue weighted by Gasteiger charge is 2.11. The lowest BCUT2D eigenvalue weighted by Gasteiger charge is -2.12. The Labute approximate surface area is 205 Å². The SMILES string of the molecule is COc1cc2ncnc(Nc3ccc(NC(=O)Nc4ccc(F)c(Cl)c4)cc3)c2cc1OC.Cl. The number of carbonyl (C=O) groups is 1. The largest absolute Gasteiger partial charge is 0.493 e. The van der Waals surface area contributed by atoms with Gasteiger partial charge in [-0.25, -0.2) is 19.2 Å². The van der Waals surface area contributed by atoms with E-state index >= 15 is 0 Å². The first kappa shape index (κ1) is 24.8. The number of amides is 2. The number of aromatic nitrogens is 2. The van der Waals surface area contributed by atoms with Crippen molar-refractivity contribution in [3.63, 3.8) is 0 Å².